The fourth-order valence-electron chi connectivity index (χ4n) is 10.0. The molecule has 10 aromatic carbocycles. The molecule has 0 saturated heterocycles. The Morgan fingerprint density at radius 2 is 0.869 bits per heavy atom. The van der Waals surface area contributed by atoms with E-state index < -0.39 is 5.41 Å². The highest BCUT2D eigenvalue weighted by atomic mass is 16.3. The van der Waals surface area contributed by atoms with Crippen molar-refractivity contribution in [3.05, 3.63) is 259 Å². The van der Waals surface area contributed by atoms with E-state index in [9.17, 15) is 0 Å². The molecule has 1 heterocycles. The molecule has 1 unspecified atom stereocenters. The van der Waals surface area contributed by atoms with Gasteiger partial charge < -0.3 is 9.32 Å². The second-order valence-electron chi connectivity index (χ2n) is 16.0. The Hall–Kier alpha value is -7.94. The molecular formula is C59H39NO. The van der Waals surface area contributed by atoms with E-state index in [4.69, 9.17) is 4.42 Å². The van der Waals surface area contributed by atoms with Crippen LogP contribution in [-0.4, -0.2) is 0 Å². The minimum atomic E-state index is -0.528. The van der Waals surface area contributed by atoms with Crippen LogP contribution in [0.4, 0.5) is 17.1 Å². The zero-order chi connectivity index (χ0) is 40.3. The number of anilines is 3. The van der Waals surface area contributed by atoms with Crippen molar-refractivity contribution in [1.29, 1.82) is 0 Å². The van der Waals surface area contributed by atoms with Crippen LogP contribution in [0.3, 0.4) is 0 Å². The quantitative estimate of drug-likeness (QED) is 0.160. The van der Waals surface area contributed by atoms with Crippen molar-refractivity contribution in [2.24, 2.45) is 0 Å². The van der Waals surface area contributed by atoms with E-state index in [0.717, 1.165) is 44.6 Å². The number of fused-ring (bicyclic) bond motifs is 5. The molecule has 0 fully saturated rings. The molecule has 286 valence electrons. The Balaban J connectivity index is 0.993. The maximum Gasteiger partial charge on any atom is 0.137 e. The third kappa shape index (κ3) is 5.57. The van der Waals surface area contributed by atoms with E-state index in [0.29, 0.717) is 0 Å². The first kappa shape index (κ1) is 35.0. The van der Waals surface area contributed by atoms with Crippen molar-refractivity contribution < 1.29 is 4.42 Å². The van der Waals surface area contributed by atoms with Gasteiger partial charge in [0.05, 0.1) is 5.41 Å². The minimum Gasteiger partial charge on any atom is -0.456 e. The molecule has 11 aromatic rings. The molecular weight excluding hydrogens is 739 g/mol. The summed E-state index contributed by atoms with van der Waals surface area (Å²) in [6.07, 6.45) is 0. The molecule has 0 bridgehead atoms. The number of furan rings is 1. The van der Waals surface area contributed by atoms with Gasteiger partial charge in [-0.3, -0.25) is 0 Å². The van der Waals surface area contributed by atoms with Crippen molar-refractivity contribution >= 4 is 49.8 Å². The summed E-state index contributed by atoms with van der Waals surface area (Å²) in [4.78, 5) is 2.32. The Kier molecular flexibility index (Phi) is 8.11. The van der Waals surface area contributed by atoms with Gasteiger partial charge >= 0.3 is 0 Å². The summed E-state index contributed by atoms with van der Waals surface area (Å²) in [6, 6.07) is 86.1. The smallest absolute Gasteiger partial charge is 0.137 e. The zero-order valence-corrected chi connectivity index (χ0v) is 33.4. The van der Waals surface area contributed by atoms with Crippen LogP contribution in [0.5, 0.6) is 0 Å². The predicted octanol–water partition coefficient (Wildman–Crippen LogP) is 15.9. The number of nitrogens with zero attached hydrogens (tertiary/aromatic N) is 1. The van der Waals surface area contributed by atoms with Crippen molar-refractivity contribution in [3.63, 3.8) is 0 Å². The maximum atomic E-state index is 6.40. The maximum absolute atomic E-state index is 6.40. The van der Waals surface area contributed by atoms with Crippen LogP contribution in [0, 0.1) is 0 Å². The molecule has 2 heteroatoms. The number of rotatable bonds is 7. The van der Waals surface area contributed by atoms with Crippen LogP contribution in [0.2, 0.25) is 0 Å². The Morgan fingerprint density at radius 3 is 1.66 bits per heavy atom. The van der Waals surface area contributed by atoms with Crippen LogP contribution in [0.15, 0.2) is 241 Å². The molecule has 0 amide bonds. The second kappa shape index (κ2) is 14.1. The molecule has 0 radical (unpaired) electrons. The molecule has 61 heavy (non-hydrogen) atoms. The first-order valence-corrected chi connectivity index (χ1v) is 21.0. The van der Waals surface area contributed by atoms with E-state index in [-0.39, 0.29) is 0 Å². The fourth-order valence-corrected chi connectivity index (χ4v) is 10.0. The summed E-state index contributed by atoms with van der Waals surface area (Å²) in [5.41, 5.74) is 16.8. The highest BCUT2D eigenvalue weighted by Gasteiger charge is 2.44. The zero-order valence-electron chi connectivity index (χ0n) is 33.4. The first-order valence-electron chi connectivity index (χ1n) is 21.0. The number of benzene rings is 10. The average Bonchev–Trinajstić information content (AvgIpc) is 3.71. The molecule has 1 aliphatic rings. The lowest BCUT2D eigenvalue weighted by atomic mass is 9.59. The molecule has 0 N–H and O–H groups in total. The third-order valence-electron chi connectivity index (χ3n) is 12.7. The van der Waals surface area contributed by atoms with Gasteiger partial charge in [-0.1, -0.05) is 182 Å². The van der Waals surface area contributed by atoms with Crippen molar-refractivity contribution in [2.45, 2.75) is 5.41 Å². The van der Waals surface area contributed by atoms with Gasteiger partial charge in [0, 0.05) is 33.9 Å². The molecule has 2 nitrogen and oxygen atoms in total. The first-order chi connectivity index (χ1) is 30.2. The summed E-state index contributed by atoms with van der Waals surface area (Å²) in [6.45, 7) is 0. The second-order valence-corrected chi connectivity index (χ2v) is 16.0. The molecule has 12 rings (SSSR count). The normalized spacial score (nSPS) is 14.3. The largest absolute Gasteiger partial charge is 0.456 e. The average molecular weight is 778 g/mol. The highest BCUT2D eigenvalue weighted by Crippen LogP contribution is 2.55. The van der Waals surface area contributed by atoms with Gasteiger partial charge in [0.15, 0.2) is 0 Å². The van der Waals surface area contributed by atoms with Gasteiger partial charge in [0.2, 0.25) is 0 Å². The Labute approximate surface area is 355 Å². The van der Waals surface area contributed by atoms with Crippen LogP contribution >= 0.6 is 0 Å². The summed E-state index contributed by atoms with van der Waals surface area (Å²) in [5.74, 6) is 0. The van der Waals surface area contributed by atoms with Gasteiger partial charge in [-0.2, -0.15) is 0 Å². The fraction of sp³-hybridized carbons (Fsp3) is 0.0169. The monoisotopic (exact) mass is 777 g/mol. The standard InChI is InChI=1S/C59H39NO/c1-3-14-40(15-4-1)41-28-32-47(33-29-41)60(49-36-37-52-51-23-8-10-27-56(51)61-57(52)39-49)48-34-30-42(31-35-48)44-18-11-21-46(38-44)59(45-19-5-2-6-20-45)54-25-9-7-22-50(54)53-24-12-16-43-17-13-26-55(59)58(43)53/h1-39H. The van der Waals surface area contributed by atoms with Crippen LogP contribution in [0.1, 0.15) is 22.3 Å². The minimum absolute atomic E-state index is 0.528. The lowest BCUT2D eigenvalue weighted by Gasteiger charge is -2.42. The van der Waals surface area contributed by atoms with E-state index in [1.54, 1.807) is 0 Å². The molecule has 1 aliphatic carbocycles. The molecule has 0 aliphatic heterocycles. The van der Waals surface area contributed by atoms with E-state index in [1.165, 1.54) is 60.8 Å². The van der Waals surface area contributed by atoms with Gasteiger partial charge in [-0.15, -0.1) is 0 Å². The molecule has 1 atom stereocenters. The highest BCUT2D eigenvalue weighted by molar-refractivity contribution is 6.07. The number of hydrogen-bond donors (Lipinski definition) is 0. The SMILES string of the molecule is c1ccc(-c2ccc(N(c3ccc(-c4cccc(C5(c6ccccc6)c6ccccc6-c6cccc7cccc5c67)c4)cc3)c3ccc4c(c3)oc3ccccc34)cc2)cc1. The third-order valence-corrected chi connectivity index (χ3v) is 12.7. The summed E-state index contributed by atoms with van der Waals surface area (Å²) in [7, 11) is 0. The van der Waals surface area contributed by atoms with Crippen LogP contribution in [0.25, 0.3) is 66.1 Å². The molecule has 0 spiro atoms. The van der Waals surface area contributed by atoms with E-state index in [2.05, 4.69) is 229 Å². The van der Waals surface area contributed by atoms with Crippen molar-refractivity contribution in [2.75, 3.05) is 4.90 Å². The van der Waals surface area contributed by atoms with Crippen LogP contribution < -0.4 is 4.90 Å². The lowest BCUT2D eigenvalue weighted by molar-refractivity contribution is 0.669. The van der Waals surface area contributed by atoms with E-state index >= 15 is 0 Å². The van der Waals surface area contributed by atoms with Gasteiger partial charge in [-0.25, -0.2) is 0 Å². The summed E-state index contributed by atoms with van der Waals surface area (Å²) in [5, 5.41) is 4.82. The number of hydrogen-bond acceptors (Lipinski definition) is 2. The predicted molar refractivity (Wildman–Crippen MR) is 254 cm³/mol. The van der Waals surface area contributed by atoms with Gasteiger partial charge in [0.25, 0.3) is 0 Å². The van der Waals surface area contributed by atoms with Gasteiger partial charge in [-0.05, 0) is 115 Å². The number of para-hydroxylation sites is 1. The topological polar surface area (TPSA) is 16.4 Å². The van der Waals surface area contributed by atoms with E-state index in [1.807, 2.05) is 12.1 Å². The van der Waals surface area contributed by atoms with Crippen molar-refractivity contribution in [3.8, 4) is 33.4 Å². The van der Waals surface area contributed by atoms with Crippen molar-refractivity contribution in [1.82, 2.24) is 0 Å². The molecule has 1 aromatic heterocycles. The Morgan fingerprint density at radius 1 is 0.328 bits per heavy atom. The summed E-state index contributed by atoms with van der Waals surface area (Å²) < 4.78 is 6.40. The van der Waals surface area contributed by atoms with Gasteiger partial charge in [0.1, 0.15) is 11.2 Å². The summed E-state index contributed by atoms with van der Waals surface area (Å²) >= 11 is 0. The van der Waals surface area contributed by atoms with Crippen LogP contribution in [-0.2, 0) is 5.41 Å². The Bertz CT molecular complexity index is 3400. The lowest BCUT2D eigenvalue weighted by Crippen LogP contribution is -2.33. The molecule has 0 saturated carbocycles.